The Labute approximate surface area is 132 Å². The molecule has 2 N–H and O–H groups in total. The molecule has 0 aromatic carbocycles. The topological polar surface area (TPSA) is 32.5 Å². The molecule has 1 heterocycles. The Bertz CT molecular complexity index is 288. The van der Waals surface area contributed by atoms with E-state index in [0.29, 0.717) is 0 Å². The van der Waals surface area contributed by atoms with Crippen LogP contribution in [0.1, 0.15) is 64.7 Å². The molecule has 0 aromatic heterocycles. The maximum atomic E-state index is 6.27. The number of nitrogens with zero attached hydrogens (tertiary/aromatic N) is 2. The summed E-state index contributed by atoms with van der Waals surface area (Å²) in [5, 5.41) is 0. The van der Waals surface area contributed by atoms with Crippen LogP contribution in [0.5, 0.6) is 0 Å². The van der Waals surface area contributed by atoms with Gasteiger partial charge in [-0.2, -0.15) is 0 Å². The summed E-state index contributed by atoms with van der Waals surface area (Å²) in [4.78, 5) is 5.30. The molecule has 3 heteroatoms. The predicted octanol–water partition coefficient (Wildman–Crippen LogP) is 3.09. The summed E-state index contributed by atoms with van der Waals surface area (Å²) >= 11 is 0. The highest BCUT2D eigenvalue weighted by Gasteiger charge is 2.36. The van der Waals surface area contributed by atoms with Crippen molar-refractivity contribution >= 4 is 0 Å². The molecule has 2 rings (SSSR count). The van der Waals surface area contributed by atoms with E-state index < -0.39 is 0 Å². The summed E-state index contributed by atoms with van der Waals surface area (Å²) in [6.45, 7) is 8.15. The molecule has 0 amide bonds. The van der Waals surface area contributed by atoms with Gasteiger partial charge >= 0.3 is 0 Å². The van der Waals surface area contributed by atoms with Crippen LogP contribution >= 0.6 is 0 Å². The molecular formula is C18H37N3. The average molecular weight is 296 g/mol. The first kappa shape index (κ1) is 17.2. The van der Waals surface area contributed by atoms with Crippen molar-refractivity contribution in [3.63, 3.8) is 0 Å². The molecule has 2 fully saturated rings. The van der Waals surface area contributed by atoms with Gasteiger partial charge in [0.15, 0.2) is 0 Å². The predicted molar refractivity (Wildman–Crippen MR) is 91.6 cm³/mol. The number of rotatable bonds is 6. The fourth-order valence-electron chi connectivity index (χ4n) is 4.47. The third-order valence-corrected chi connectivity index (χ3v) is 6.00. The smallest absolute Gasteiger partial charge is 0.0341 e. The van der Waals surface area contributed by atoms with Crippen LogP contribution in [0.3, 0.4) is 0 Å². The third kappa shape index (κ3) is 4.67. The molecule has 0 aromatic rings. The second-order valence-electron chi connectivity index (χ2n) is 7.51. The number of likely N-dealkylation sites (tertiary alicyclic amines) is 1. The zero-order valence-electron chi connectivity index (χ0n) is 14.4. The molecular weight excluding hydrogens is 258 g/mol. The number of hydrogen-bond acceptors (Lipinski definition) is 3. The molecule has 0 spiro atoms. The van der Waals surface area contributed by atoms with Crippen LogP contribution < -0.4 is 5.73 Å². The van der Waals surface area contributed by atoms with E-state index >= 15 is 0 Å². The lowest BCUT2D eigenvalue weighted by Gasteiger charge is -2.43. The Balaban J connectivity index is 1.92. The number of hydrogen-bond donors (Lipinski definition) is 1. The molecule has 3 nitrogen and oxygen atoms in total. The summed E-state index contributed by atoms with van der Waals surface area (Å²) in [5.41, 5.74) is 6.54. The lowest BCUT2D eigenvalue weighted by atomic mass is 9.84. The van der Waals surface area contributed by atoms with E-state index in [1.165, 1.54) is 84.0 Å². The van der Waals surface area contributed by atoms with Crippen molar-refractivity contribution in [2.75, 3.05) is 39.8 Å². The van der Waals surface area contributed by atoms with E-state index in [0.717, 1.165) is 12.5 Å². The number of nitrogens with two attached hydrogens (primary N) is 1. The lowest BCUT2D eigenvalue weighted by molar-refractivity contribution is 0.0807. The summed E-state index contributed by atoms with van der Waals surface area (Å²) in [5.74, 6) is 0.919. The Hall–Kier alpha value is -0.120. The first-order chi connectivity index (χ1) is 10.2. The second kappa shape index (κ2) is 8.50. The second-order valence-corrected chi connectivity index (χ2v) is 7.51. The van der Waals surface area contributed by atoms with Gasteiger partial charge in [-0.05, 0) is 71.1 Å². The molecule has 0 radical (unpaired) electrons. The zero-order valence-corrected chi connectivity index (χ0v) is 14.4. The van der Waals surface area contributed by atoms with Crippen molar-refractivity contribution in [1.82, 2.24) is 9.80 Å². The Morgan fingerprint density at radius 1 is 1.10 bits per heavy atom. The fourth-order valence-corrected chi connectivity index (χ4v) is 4.47. The molecule has 0 bridgehead atoms. The largest absolute Gasteiger partial charge is 0.329 e. The van der Waals surface area contributed by atoms with E-state index in [4.69, 9.17) is 5.73 Å². The molecule has 1 saturated carbocycles. The van der Waals surface area contributed by atoms with Gasteiger partial charge in [0.05, 0.1) is 0 Å². The van der Waals surface area contributed by atoms with Gasteiger partial charge in [0.2, 0.25) is 0 Å². The third-order valence-electron chi connectivity index (χ3n) is 6.00. The summed E-state index contributed by atoms with van der Waals surface area (Å²) in [6.07, 6.45) is 12.3. The monoisotopic (exact) mass is 295 g/mol. The molecule has 1 saturated heterocycles. The summed E-state index contributed by atoms with van der Waals surface area (Å²) < 4.78 is 0. The molecule has 1 atom stereocenters. The fraction of sp³-hybridized carbons (Fsp3) is 1.00. The standard InChI is InChI=1S/C18H37N3/c1-3-12-21-13-7-10-18(16-19,11-14-21)20(2)15-17-8-5-4-6-9-17/h17H,3-16,19H2,1-2H3. The van der Waals surface area contributed by atoms with Crippen molar-refractivity contribution in [2.24, 2.45) is 11.7 Å². The van der Waals surface area contributed by atoms with Crippen LogP contribution in [0.25, 0.3) is 0 Å². The van der Waals surface area contributed by atoms with Gasteiger partial charge < -0.3 is 10.6 Å². The van der Waals surface area contributed by atoms with Gasteiger partial charge in [-0.25, -0.2) is 0 Å². The van der Waals surface area contributed by atoms with Gasteiger partial charge in [0.25, 0.3) is 0 Å². The van der Waals surface area contributed by atoms with Gasteiger partial charge in [-0.1, -0.05) is 26.2 Å². The molecule has 2 aliphatic rings. The summed E-state index contributed by atoms with van der Waals surface area (Å²) in [6, 6.07) is 0. The summed E-state index contributed by atoms with van der Waals surface area (Å²) in [7, 11) is 2.34. The lowest BCUT2D eigenvalue weighted by Crippen LogP contribution is -2.54. The van der Waals surface area contributed by atoms with Crippen LogP contribution in [0.2, 0.25) is 0 Å². The molecule has 124 valence electrons. The van der Waals surface area contributed by atoms with E-state index in [1.807, 2.05) is 0 Å². The Kier molecular flexibility index (Phi) is 6.97. The van der Waals surface area contributed by atoms with Crippen LogP contribution in [0.4, 0.5) is 0 Å². The minimum Gasteiger partial charge on any atom is -0.329 e. The van der Waals surface area contributed by atoms with E-state index in [2.05, 4.69) is 23.8 Å². The van der Waals surface area contributed by atoms with Gasteiger partial charge in [0, 0.05) is 18.6 Å². The van der Waals surface area contributed by atoms with Crippen molar-refractivity contribution in [3.8, 4) is 0 Å². The average Bonchev–Trinajstić information content (AvgIpc) is 2.72. The highest BCUT2D eigenvalue weighted by molar-refractivity contribution is 4.94. The molecule has 1 unspecified atom stereocenters. The Morgan fingerprint density at radius 2 is 1.86 bits per heavy atom. The maximum Gasteiger partial charge on any atom is 0.0341 e. The van der Waals surface area contributed by atoms with Crippen molar-refractivity contribution < 1.29 is 0 Å². The molecule has 1 aliphatic carbocycles. The minimum absolute atomic E-state index is 0.264. The van der Waals surface area contributed by atoms with Gasteiger partial charge in [0.1, 0.15) is 0 Å². The maximum absolute atomic E-state index is 6.27. The first-order valence-corrected chi connectivity index (χ1v) is 9.34. The van der Waals surface area contributed by atoms with Crippen LogP contribution in [-0.4, -0.2) is 55.1 Å². The molecule has 1 aliphatic heterocycles. The Morgan fingerprint density at radius 3 is 2.52 bits per heavy atom. The van der Waals surface area contributed by atoms with Crippen molar-refractivity contribution in [1.29, 1.82) is 0 Å². The zero-order chi connectivity index (χ0) is 15.1. The quantitative estimate of drug-likeness (QED) is 0.817. The van der Waals surface area contributed by atoms with E-state index in [-0.39, 0.29) is 5.54 Å². The van der Waals surface area contributed by atoms with Crippen LogP contribution in [0.15, 0.2) is 0 Å². The van der Waals surface area contributed by atoms with Crippen molar-refractivity contribution in [3.05, 3.63) is 0 Å². The normalized spacial score (nSPS) is 29.7. The van der Waals surface area contributed by atoms with Gasteiger partial charge in [-0.3, -0.25) is 4.90 Å². The number of likely N-dealkylation sites (N-methyl/N-ethyl adjacent to an activating group) is 1. The van der Waals surface area contributed by atoms with Crippen molar-refractivity contribution in [2.45, 2.75) is 70.3 Å². The van der Waals surface area contributed by atoms with Crippen LogP contribution in [-0.2, 0) is 0 Å². The highest BCUT2D eigenvalue weighted by Crippen LogP contribution is 2.31. The first-order valence-electron chi connectivity index (χ1n) is 9.34. The highest BCUT2D eigenvalue weighted by atomic mass is 15.2. The molecule has 21 heavy (non-hydrogen) atoms. The van der Waals surface area contributed by atoms with E-state index in [1.54, 1.807) is 0 Å². The van der Waals surface area contributed by atoms with Crippen LogP contribution in [0, 0.1) is 5.92 Å². The SMILES string of the molecule is CCCN1CCCC(CN)(N(C)CC2CCCCC2)CC1. The van der Waals surface area contributed by atoms with E-state index in [9.17, 15) is 0 Å². The van der Waals surface area contributed by atoms with Gasteiger partial charge in [-0.15, -0.1) is 0 Å². The minimum atomic E-state index is 0.264.